The topological polar surface area (TPSA) is 54.0 Å². The van der Waals surface area contributed by atoms with Crippen molar-refractivity contribution in [1.29, 1.82) is 0 Å². The summed E-state index contributed by atoms with van der Waals surface area (Å²) in [5.41, 5.74) is 7.20. The predicted molar refractivity (Wildman–Crippen MR) is 164 cm³/mol. The highest BCUT2D eigenvalue weighted by Gasteiger charge is 2.21. The summed E-state index contributed by atoms with van der Waals surface area (Å²) >= 11 is 0. The molecule has 0 atom stereocenters. The van der Waals surface area contributed by atoms with Crippen molar-refractivity contribution in [2.75, 3.05) is 50.2 Å². The first-order valence-corrected chi connectivity index (χ1v) is 14.6. The van der Waals surface area contributed by atoms with Gasteiger partial charge in [0.25, 0.3) is 5.91 Å². The van der Waals surface area contributed by atoms with Gasteiger partial charge in [0.05, 0.1) is 6.61 Å². The van der Waals surface area contributed by atoms with Crippen LogP contribution in [-0.2, 0) is 16.1 Å². The fourth-order valence-corrected chi connectivity index (χ4v) is 5.70. The first-order chi connectivity index (χ1) is 19.6. The minimum atomic E-state index is -0.0453. The zero-order valence-electron chi connectivity index (χ0n) is 24.0. The summed E-state index contributed by atoms with van der Waals surface area (Å²) in [6, 6.07) is 23.4. The Morgan fingerprint density at radius 1 is 1.05 bits per heavy atom. The quantitative estimate of drug-likeness (QED) is 0.331. The van der Waals surface area contributed by atoms with E-state index in [1.165, 1.54) is 5.56 Å². The zero-order valence-corrected chi connectivity index (χ0v) is 24.0. The van der Waals surface area contributed by atoms with Gasteiger partial charge in [-0.2, -0.15) is 0 Å². The number of benzene rings is 3. The van der Waals surface area contributed by atoms with E-state index in [1.807, 2.05) is 37.3 Å². The lowest BCUT2D eigenvalue weighted by atomic mass is 9.99. The van der Waals surface area contributed by atoms with Gasteiger partial charge in [0.2, 0.25) is 0 Å². The minimum absolute atomic E-state index is 0.0453. The summed E-state index contributed by atoms with van der Waals surface area (Å²) in [7, 11) is 2.18. The minimum Gasteiger partial charge on any atom is -0.493 e. The molecule has 2 aliphatic heterocycles. The van der Waals surface area contributed by atoms with E-state index >= 15 is 0 Å². The van der Waals surface area contributed by atoms with Crippen LogP contribution >= 0.6 is 0 Å². The highest BCUT2D eigenvalue weighted by atomic mass is 16.5. The van der Waals surface area contributed by atoms with Gasteiger partial charge in [-0.1, -0.05) is 36.4 Å². The smallest absolute Gasteiger partial charge is 0.251 e. The second kappa shape index (κ2) is 13.2. The molecule has 0 spiro atoms. The van der Waals surface area contributed by atoms with Crippen LogP contribution in [-0.4, -0.2) is 56.8 Å². The maximum atomic E-state index is 13.5. The number of hydrogen-bond acceptors (Lipinski definition) is 5. The van der Waals surface area contributed by atoms with Crippen molar-refractivity contribution in [1.82, 2.24) is 4.90 Å². The molecule has 0 unspecified atom stereocenters. The molecule has 5 rings (SSSR count). The SMILES string of the molecule is CCOc1ccccc1-c1ccc2c(c1)C=C(C(=O)Nc1ccc(CN(C)C3CCOCC3)cc1)CCN2CC. The van der Waals surface area contributed by atoms with Crippen LogP contribution < -0.4 is 15.0 Å². The molecule has 210 valence electrons. The van der Waals surface area contributed by atoms with Crippen molar-refractivity contribution in [2.24, 2.45) is 0 Å². The van der Waals surface area contributed by atoms with E-state index in [-0.39, 0.29) is 5.91 Å². The van der Waals surface area contributed by atoms with Gasteiger partial charge in [-0.15, -0.1) is 0 Å². The maximum absolute atomic E-state index is 13.5. The maximum Gasteiger partial charge on any atom is 0.251 e. The molecule has 0 bridgehead atoms. The largest absolute Gasteiger partial charge is 0.493 e. The number of fused-ring (bicyclic) bond motifs is 1. The zero-order chi connectivity index (χ0) is 27.9. The van der Waals surface area contributed by atoms with Crippen molar-refractivity contribution < 1.29 is 14.3 Å². The number of ether oxygens (including phenoxy) is 2. The Morgan fingerprint density at radius 3 is 2.58 bits per heavy atom. The molecule has 0 aliphatic carbocycles. The Morgan fingerprint density at radius 2 is 1.82 bits per heavy atom. The van der Waals surface area contributed by atoms with Crippen LogP contribution in [0.1, 0.15) is 44.2 Å². The molecule has 0 aromatic heterocycles. The summed E-state index contributed by atoms with van der Waals surface area (Å²) in [6.07, 6.45) is 4.91. The number of carbonyl (C=O) groups excluding carboxylic acids is 1. The van der Waals surface area contributed by atoms with Crippen LogP contribution in [0.25, 0.3) is 17.2 Å². The average Bonchev–Trinajstić information content (AvgIpc) is 3.18. The number of nitrogens with one attached hydrogen (secondary N) is 1. The van der Waals surface area contributed by atoms with Gasteiger partial charge in [0.15, 0.2) is 0 Å². The lowest BCUT2D eigenvalue weighted by Gasteiger charge is -2.31. The van der Waals surface area contributed by atoms with E-state index in [4.69, 9.17) is 9.47 Å². The number of anilines is 2. The molecule has 1 saturated heterocycles. The van der Waals surface area contributed by atoms with Crippen LogP contribution in [0.2, 0.25) is 0 Å². The van der Waals surface area contributed by atoms with E-state index in [0.29, 0.717) is 19.1 Å². The monoisotopic (exact) mass is 539 g/mol. The number of carbonyl (C=O) groups is 1. The third kappa shape index (κ3) is 6.57. The van der Waals surface area contributed by atoms with Crippen molar-refractivity contribution in [3.63, 3.8) is 0 Å². The third-order valence-electron chi connectivity index (χ3n) is 7.98. The van der Waals surface area contributed by atoms with Gasteiger partial charge in [-0.3, -0.25) is 9.69 Å². The molecule has 0 radical (unpaired) electrons. The molecule has 1 fully saturated rings. The Bertz CT molecular complexity index is 1330. The summed E-state index contributed by atoms with van der Waals surface area (Å²) in [4.78, 5) is 18.2. The van der Waals surface area contributed by atoms with Gasteiger partial charge in [0.1, 0.15) is 5.75 Å². The molecule has 40 heavy (non-hydrogen) atoms. The molecule has 2 heterocycles. The average molecular weight is 540 g/mol. The van der Waals surface area contributed by atoms with Gasteiger partial charge in [-0.05, 0) is 93.3 Å². The van der Waals surface area contributed by atoms with Crippen molar-refractivity contribution >= 4 is 23.4 Å². The van der Waals surface area contributed by atoms with Crippen LogP contribution in [0, 0.1) is 0 Å². The van der Waals surface area contributed by atoms with Crippen LogP contribution in [0.5, 0.6) is 5.75 Å². The molecule has 2 aliphatic rings. The van der Waals surface area contributed by atoms with E-state index in [0.717, 1.165) is 85.1 Å². The van der Waals surface area contributed by atoms with Gasteiger partial charge < -0.3 is 19.7 Å². The molecule has 6 nitrogen and oxygen atoms in total. The second-order valence-corrected chi connectivity index (χ2v) is 10.6. The molecule has 1 N–H and O–H groups in total. The predicted octanol–water partition coefficient (Wildman–Crippen LogP) is 6.62. The van der Waals surface area contributed by atoms with Crippen molar-refractivity contribution in [3.05, 3.63) is 83.4 Å². The Balaban J connectivity index is 1.32. The van der Waals surface area contributed by atoms with Crippen molar-refractivity contribution in [2.45, 2.75) is 45.7 Å². The third-order valence-corrected chi connectivity index (χ3v) is 7.98. The first-order valence-electron chi connectivity index (χ1n) is 14.6. The Kier molecular flexibility index (Phi) is 9.19. The van der Waals surface area contributed by atoms with Crippen molar-refractivity contribution in [3.8, 4) is 16.9 Å². The lowest BCUT2D eigenvalue weighted by Crippen LogP contribution is -2.36. The normalized spacial score (nSPS) is 15.8. The summed E-state index contributed by atoms with van der Waals surface area (Å²) in [5, 5.41) is 3.14. The molecular formula is C34H41N3O3. The number of rotatable bonds is 9. The van der Waals surface area contributed by atoms with Crippen LogP contribution in [0.4, 0.5) is 11.4 Å². The summed E-state index contributed by atoms with van der Waals surface area (Å²) in [5.74, 6) is 0.825. The molecular weight excluding hydrogens is 498 g/mol. The molecule has 3 aromatic carbocycles. The Hall–Kier alpha value is -3.61. The lowest BCUT2D eigenvalue weighted by molar-refractivity contribution is -0.112. The fourth-order valence-electron chi connectivity index (χ4n) is 5.70. The number of para-hydroxylation sites is 1. The number of amides is 1. The second-order valence-electron chi connectivity index (χ2n) is 10.6. The fraction of sp³-hybridized carbons (Fsp3) is 0.382. The van der Waals surface area contributed by atoms with E-state index in [9.17, 15) is 4.79 Å². The summed E-state index contributed by atoms with van der Waals surface area (Å²) in [6.45, 7) is 9.04. The van der Waals surface area contributed by atoms with E-state index in [2.05, 4.69) is 71.6 Å². The van der Waals surface area contributed by atoms with Crippen LogP contribution in [0.3, 0.4) is 0 Å². The van der Waals surface area contributed by atoms with E-state index in [1.54, 1.807) is 0 Å². The Labute approximate surface area is 238 Å². The molecule has 1 amide bonds. The number of nitrogens with zero attached hydrogens (tertiary/aromatic N) is 2. The van der Waals surface area contributed by atoms with Crippen LogP contribution in [0.15, 0.2) is 72.3 Å². The standard InChI is InChI=1S/C34H41N3O3/c1-4-37-19-16-27(23-28-22-26(12-15-32(28)37)31-8-6-7-9-33(31)40-5-2)34(38)35-29-13-10-25(11-14-29)24-36(3)30-17-20-39-21-18-30/h6-15,22-23,30H,4-5,16-21,24H2,1-3H3,(H,35,38). The van der Waals surface area contributed by atoms with E-state index < -0.39 is 0 Å². The molecule has 6 heteroatoms. The molecule has 3 aromatic rings. The first kappa shape index (κ1) is 27.9. The number of hydrogen-bond donors (Lipinski definition) is 1. The highest BCUT2D eigenvalue weighted by Crippen LogP contribution is 2.36. The van der Waals surface area contributed by atoms with Gasteiger partial charge >= 0.3 is 0 Å². The van der Waals surface area contributed by atoms with Gasteiger partial charge in [0, 0.05) is 61.4 Å². The molecule has 0 saturated carbocycles. The highest BCUT2D eigenvalue weighted by molar-refractivity contribution is 6.07. The summed E-state index contributed by atoms with van der Waals surface area (Å²) < 4.78 is 11.4. The van der Waals surface area contributed by atoms with Gasteiger partial charge in [-0.25, -0.2) is 0 Å².